The second-order valence-electron chi connectivity index (χ2n) is 6.29. The molecule has 0 fully saturated rings. The summed E-state index contributed by atoms with van der Waals surface area (Å²) in [4.78, 5) is 19.7. The summed E-state index contributed by atoms with van der Waals surface area (Å²) in [7, 11) is 1.93. The summed E-state index contributed by atoms with van der Waals surface area (Å²) in [5.74, 6) is -1.81. The molecule has 0 amide bonds. The fraction of sp³-hybridized carbons (Fsp3) is 0.174. The maximum Gasteiger partial charge on any atom is 0.328 e. The maximum atomic E-state index is 9.55. The Morgan fingerprint density at radius 3 is 2.29 bits per heavy atom. The highest BCUT2D eigenvalue weighted by atomic mass is 32.1. The lowest BCUT2D eigenvalue weighted by atomic mass is 10.1. The fourth-order valence-electron chi connectivity index (χ4n) is 2.73. The molecule has 31 heavy (non-hydrogen) atoms. The molecule has 8 heteroatoms. The largest absolute Gasteiger partial charge is 0.483 e. The van der Waals surface area contributed by atoms with Crippen molar-refractivity contribution >= 4 is 33.4 Å². The minimum atomic E-state index is -1.26. The minimum absolute atomic E-state index is 0.0752. The third-order valence-electron chi connectivity index (χ3n) is 4.11. The number of carboxylic acid groups (broad SMARTS) is 2. The monoisotopic (exact) mass is 438 g/mol. The lowest BCUT2D eigenvalue weighted by Crippen LogP contribution is -2.16. The molecule has 0 aliphatic rings. The number of hydrogen-bond acceptors (Lipinski definition) is 6. The number of carboxylic acids is 2. The van der Waals surface area contributed by atoms with Gasteiger partial charge in [0.2, 0.25) is 0 Å². The SMILES string of the molecule is CNCC[C@@H](Oc1c(C#N)sc2ccccc12)c1ccccc1.O=C(O)/C=C/C(=O)O. The van der Waals surface area contributed by atoms with E-state index in [0.29, 0.717) is 22.8 Å². The van der Waals surface area contributed by atoms with Gasteiger partial charge in [-0.3, -0.25) is 0 Å². The van der Waals surface area contributed by atoms with Gasteiger partial charge >= 0.3 is 11.9 Å². The van der Waals surface area contributed by atoms with Gasteiger partial charge in [0.1, 0.15) is 17.1 Å². The Morgan fingerprint density at radius 2 is 1.71 bits per heavy atom. The van der Waals surface area contributed by atoms with E-state index in [9.17, 15) is 14.9 Å². The van der Waals surface area contributed by atoms with Crippen LogP contribution in [0.15, 0.2) is 66.7 Å². The fourth-order valence-corrected chi connectivity index (χ4v) is 3.67. The zero-order chi connectivity index (χ0) is 22.6. The zero-order valence-electron chi connectivity index (χ0n) is 16.8. The van der Waals surface area contributed by atoms with E-state index in [-0.39, 0.29) is 6.10 Å². The van der Waals surface area contributed by atoms with Gasteiger partial charge in [-0.25, -0.2) is 9.59 Å². The molecule has 7 nitrogen and oxygen atoms in total. The average Bonchev–Trinajstić information content (AvgIpc) is 3.13. The first-order valence-electron chi connectivity index (χ1n) is 9.38. The van der Waals surface area contributed by atoms with Gasteiger partial charge in [-0.1, -0.05) is 42.5 Å². The van der Waals surface area contributed by atoms with Crippen LogP contribution in [0.1, 0.15) is 23.0 Å². The van der Waals surface area contributed by atoms with Gasteiger partial charge < -0.3 is 20.3 Å². The van der Waals surface area contributed by atoms with Gasteiger partial charge in [0.15, 0.2) is 5.75 Å². The van der Waals surface area contributed by atoms with Crippen molar-refractivity contribution in [1.82, 2.24) is 5.32 Å². The number of ether oxygens (including phenoxy) is 1. The number of hydrogen-bond donors (Lipinski definition) is 3. The van der Waals surface area contributed by atoms with E-state index in [1.54, 1.807) is 0 Å². The first-order valence-corrected chi connectivity index (χ1v) is 10.2. The molecular formula is C23H22N2O5S. The lowest BCUT2D eigenvalue weighted by molar-refractivity contribution is -0.134. The number of thiophene rings is 1. The highest BCUT2D eigenvalue weighted by molar-refractivity contribution is 7.20. The summed E-state index contributed by atoms with van der Waals surface area (Å²) in [6.45, 7) is 0.851. The van der Waals surface area contributed by atoms with E-state index in [4.69, 9.17) is 14.9 Å². The molecule has 160 valence electrons. The first kappa shape index (κ1) is 23.6. The molecule has 3 rings (SSSR count). The molecule has 0 aliphatic heterocycles. The number of aliphatic carboxylic acids is 2. The topological polar surface area (TPSA) is 120 Å². The molecule has 1 heterocycles. The van der Waals surface area contributed by atoms with E-state index in [0.717, 1.165) is 28.6 Å². The van der Waals surface area contributed by atoms with Gasteiger partial charge in [0, 0.05) is 28.7 Å². The van der Waals surface area contributed by atoms with Gasteiger partial charge in [0.05, 0.1) is 0 Å². The number of nitrogens with one attached hydrogen (secondary N) is 1. The second-order valence-corrected chi connectivity index (χ2v) is 7.34. The van der Waals surface area contributed by atoms with Crippen LogP contribution in [0.5, 0.6) is 5.75 Å². The zero-order valence-corrected chi connectivity index (χ0v) is 17.6. The molecule has 3 N–H and O–H groups in total. The highest BCUT2D eigenvalue weighted by Crippen LogP contribution is 2.39. The first-order chi connectivity index (χ1) is 15.0. The van der Waals surface area contributed by atoms with Crippen LogP contribution in [0, 0.1) is 11.3 Å². The summed E-state index contributed by atoms with van der Waals surface area (Å²) in [6, 6.07) is 20.5. The van der Waals surface area contributed by atoms with E-state index in [1.165, 1.54) is 11.3 Å². The van der Waals surface area contributed by atoms with Crippen LogP contribution in [0.4, 0.5) is 0 Å². The van der Waals surface area contributed by atoms with Crippen molar-refractivity contribution in [3.05, 3.63) is 77.2 Å². The number of rotatable bonds is 8. The van der Waals surface area contributed by atoms with Crippen LogP contribution < -0.4 is 10.1 Å². The smallest absolute Gasteiger partial charge is 0.328 e. The van der Waals surface area contributed by atoms with E-state index in [1.807, 2.05) is 49.5 Å². The van der Waals surface area contributed by atoms with Crippen molar-refractivity contribution in [2.24, 2.45) is 0 Å². The molecule has 2 aromatic carbocycles. The normalized spacial score (nSPS) is 11.4. The van der Waals surface area contributed by atoms with Crippen LogP contribution >= 0.6 is 11.3 Å². The number of benzene rings is 2. The predicted molar refractivity (Wildman–Crippen MR) is 119 cm³/mol. The van der Waals surface area contributed by atoms with Gasteiger partial charge in [-0.2, -0.15) is 5.26 Å². The van der Waals surface area contributed by atoms with Crippen molar-refractivity contribution in [2.75, 3.05) is 13.6 Å². The Balaban J connectivity index is 0.000000366. The molecule has 0 aliphatic carbocycles. The summed E-state index contributed by atoms with van der Waals surface area (Å²) in [5, 5.41) is 29.3. The molecule has 0 spiro atoms. The molecule has 0 saturated carbocycles. The van der Waals surface area contributed by atoms with Crippen molar-refractivity contribution in [2.45, 2.75) is 12.5 Å². The standard InChI is InChI=1S/C19H18N2OS.C4H4O4/c1-21-12-11-16(14-7-3-2-4-8-14)22-19-15-9-5-6-10-17(15)23-18(19)13-20;5-3(6)1-2-4(7)8/h2-10,16,21H,11-12H2,1H3;1-2H,(H,5,6)(H,7,8)/b;2-1+/t16-;/m1./s1. The number of carbonyl (C=O) groups is 2. The Morgan fingerprint density at radius 1 is 1.10 bits per heavy atom. The molecular weight excluding hydrogens is 416 g/mol. The summed E-state index contributed by atoms with van der Waals surface area (Å²) >= 11 is 1.48. The predicted octanol–water partition coefficient (Wildman–Crippen LogP) is 4.21. The Kier molecular flexibility index (Phi) is 9.23. The molecule has 1 aromatic heterocycles. The second kappa shape index (κ2) is 12.1. The van der Waals surface area contributed by atoms with Crippen LogP contribution in [0.25, 0.3) is 10.1 Å². The number of nitriles is 1. The molecule has 1 atom stereocenters. The quantitative estimate of drug-likeness (QED) is 0.451. The molecule has 3 aromatic rings. The maximum absolute atomic E-state index is 9.55. The average molecular weight is 439 g/mol. The molecule has 0 radical (unpaired) electrons. The molecule has 0 unspecified atom stereocenters. The Hall–Kier alpha value is -3.67. The summed E-state index contributed by atoms with van der Waals surface area (Å²) in [5.41, 5.74) is 1.13. The minimum Gasteiger partial charge on any atom is -0.483 e. The number of nitrogens with zero attached hydrogens (tertiary/aromatic N) is 1. The summed E-state index contributed by atoms with van der Waals surface area (Å²) < 4.78 is 7.41. The molecule has 0 saturated heterocycles. The van der Waals surface area contributed by atoms with Gasteiger partial charge in [-0.15, -0.1) is 11.3 Å². The van der Waals surface area contributed by atoms with E-state index >= 15 is 0 Å². The van der Waals surface area contributed by atoms with E-state index < -0.39 is 11.9 Å². The highest BCUT2D eigenvalue weighted by Gasteiger charge is 2.19. The van der Waals surface area contributed by atoms with Crippen molar-refractivity contribution in [3.8, 4) is 11.8 Å². The third kappa shape index (κ3) is 7.26. The molecule has 0 bridgehead atoms. The van der Waals surface area contributed by atoms with Crippen molar-refractivity contribution in [1.29, 1.82) is 5.26 Å². The number of fused-ring (bicyclic) bond motifs is 1. The lowest BCUT2D eigenvalue weighted by Gasteiger charge is -2.19. The third-order valence-corrected chi connectivity index (χ3v) is 5.16. The Bertz CT molecular complexity index is 1070. The van der Waals surface area contributed by atoms with Crippen LogP contribution in [-0.2, 0) is 9.59 Å². The van der Waals surface area contributed by atoms with Crippen molar-refractivity contribution < 1.29 is 24.5 Å². The van der Waals surface area contributed by atoms with E-state index in [2.05, 4.69) is 23.5 Å². The van der Waals surface area contributed by atoms with Crippen LogP contribution in [-0.4, -0.2) is 35.7 Å². The van der Waals surface area contributed by atoms with Gasteiger partial charge in [0.25, 0.3) is 0 Å². The summed E-state index contributed by atoms with van der Waals surface area (Å²) in [6.07, 6.45) is 1.88. The Labute approximate surface area is 183 Å². The van der Waals surface area contributed by atoms with Gasteiger partial charge in [-0.05, 0) is 31.3 Å². The van der Waals surface area contributed by atoms with Crippen LogP contribution in [0.2, 0.25) is 0 Å². The van der Waals surface area contributed by atoms with Crippen molar-refractivity contribution in [3.63, 3.8) is 0 Å². The van der Waals surface area contributed by atoms with Crippen LogP contribution in [0.3, 0.4) is 0 Å².